The number of anilines is 1. The number of carbonyl (C=O) groups excluding carboxylic acids is 1. The van der Waals surface area contributed by atoms with Crippen LogP contribution in [0.15, 0.2) is 70.4 Å². The Bertz CT molecular complexity index is 1120. The zero-order valence-corrected chi connectivity index (χ0v) is 16.3. The number of halogens is 1. The van der Waals surface area contributed by atoms with Gasteiger partial charge >= 0.3 is 0 Å². The first-order chi connectivity index (χ1) is 14.0. The quantitative estimate of drug-likeness (QED) is 0.623. The van der Waals surface area contributed by atoms with Gasteiger partial charge in [0.2, 0.25) is 0 Å². The fourth-order valence-corrected chi connectivity index (χ4v) is 3.54. The highest BCUT2D eigenvalue weighted by Gasteiger charge is 2.14. The summed E-state index contributed by atoms with van der Waals surface area (Å²) in [7, 11) is 0. The van der Waals surface area contributed by atoms with Crippen molar-refractivity contribution in [1.82, 2.24) is 9.78 Å². The molecule has 3 rings (SSSR count). The largest absolute Gasteiger partial charge is 0.320 e. The number of aromatic nitrogens is 2. The number of thioether (sulfide) groups is 1. The number of hydrogen-bond donors (Lipinski definition) is 1. The summed E-state index contributed by atoms with van der Waals surface area (Å²) in [6.07, 6.45) is 0.386. The molecule has 8 heteroatoms. The molecular formula is C21H17FN4O2S. The van der Waals surface area contributed by atoms with E-state index < -0.39 is 17.3 Å². The van der Waals surface area contributed by atoms with E-state index in [4.69, 9.17) is 5.26 Å². The number of hydrogen-bond acceptors (Lipinski definition) is 5. The van der Waals surface area contributed by atoms with E-state index in [-0.39, 0.29) is 10.9 Å². The van der Waals surface area contributed by atoms with Gasteiger partial charge in [-0.3, -0.25) is 9.59 Å². The molecule has 0 fully saturated rings. The van der Waals surface area contributed by atoms with Crippen LogP contribution in [0, 0.1) is 17.1 Å². The standard InChI is InChI=1S/C21H17FN4O2S/c1-14(12-13-23)29-19-5-3-2-4-17(19)24-21(28)18-10-11-20(27)26(25-18)16-8-6-15(22)7-9-16/h2-11,14H,12H2,1H3,(H,24,28). The van der Waals surface area contributed by atoms with Crippen molar-refractivity contribution in [1.29, 1.82) is 5.26 Å². The van der Waals surface area contributed by atoms with Crippen molar-refractivity contribution in [2.75, 3.05) is 5.32 Å². The van der Waals surface area contributed by atoms with E-state index in [9.17, 15) is 14.0 Å². The second kappa shape index (κ2) is 9.17. The van der Waals surface area contributed by atoms with Gasteiger partial charge in [0.1, 0.15) is 11.5 Å². The van der Waals surface area contributed by atoms with E-state index >= 15 is 0 Å². The lowest BCUT2D eigenvalue weighted by molar-refractivity contribution is 0.102. The smallest absolute Gasteiger partial charge is 0.276 e. The summed E-state index contributed by atoms with van der Waals surface area (Å²) in [4.78, 5) is 25.7. The fraction of sp³-hybridized carbons (Fsp3) is 0.143. The lowest BCUT2D eigenvalue weighted by atomic mass is 10.3. The molecular weight excluding hydrogens is 391 g/mol. The molecule has 29 heavy (non-hydrogen) atoms. The van der Waals surface area contributed by atoms with Crippen LogP contribution >= 0.6 is 11.8 Å². The van der Waals surface area contributed by atoms with Crippen molar-refractivity contribution in [2.24, 2.45) is 0 Å². The summed E-state index contributed by atoms with van der Waals surface area (Å²) in [5.74, 6) is -0.919. The average molecular weight is 408 g/mol. The van der Waals surface area contributed by atoms with E-state index in [1.165, 1.54) is 48.2 Å². The van der Waals surface area contributed by atoms with Gasteiger partial charge in [0, 0.05) is 22.6 Å². The van der Waals surface area contributed by atoms with Crippen molar-refractivity contribution in [3.63, 3.8) is 0 Å². The molecule has 1 aromatic heterocycles. The second-order valence-electron chi connectivity index (χ2n) is 6.19. The van der Waals surface area contributed by atoms with E-state index in [1.807, 2.05) is 19.1 Å². The Labute approximate surface area is 171 Å². The van der Waals surface area contributed by atoms with Crippen molar-refractivity contribution >= 4 is 23.4 Å². The molecule has 0 bridgehead atoms. The van der Waals surface area contributed by atoms with E-state index in [1.54, 1.807) is 12.1 Å². The lowest BCUT2D eigenvalue weighted by Crippen LogP contribution is -2.25. The SMILES string of the molecule is CC(CC#N)Sc1ccccc1NC(=O)c1ccc(=O)n(-c2ccc(F)cc2)n1. The Kier molecular flexibility index (Phi) is 6.42. The molecule has 1 atom stereocenters. The molecule has 0 radical (unpaired) electrons. The molecule has 2 aromatic carbocycles. The highest BCUT2D eigenvalue weighted by molar-refractivity contribution is 8.00. The molecule has 1 heterocycles. The highest BCUT2D eigenvalue weighted by Crippen LogP contribution is 2.31. The first kappa shape index (κ1) is 20.3. The molecule has 1 amide bonds. The molecule has 0 aliphatic heterocycles. The molecule has 6 nitrogen and oxygen atoms in total. The number of para-hydroxylation sites is 1. The maximum absolute atomic E-state index is 13.1. The van der Waals surface area contributed by atoms with Gasteiger partial charge in [-0.05, 0) is 42.5 Å². The first-order valence-electron chi connectivity index (χ1n) is 8.78. The Morgan fingerprint density at radius 1 is 1.21 bits per heavy atom. The second-order valence-corrected chi connectivity index (χ2v) is 7.67. The van der Waals surface area contributed by atoms with E-state index in [0.29, 0.717) is 17.8 Å². The predicted octanol–water partition coefficient (Wildman–Crippen LogP) is 4.02. The van der Waals surface area contributed by atoms with Crippen LogP contribution in [-0.2, 0) is 0 Å². The summed E-state index contributed by atoms with van der Waals surface area (Å²) in [5, 5.41) is 15.8. The summed E-state index contributed by atoms with van der Waals surface area (Å²) in [5.41, 5.74) is 0.550. The summed E-state index contributed by atoms with van der Waals surface area (Å²) < 4.78 is 14.2. The number of amides is 1. The van der Waals surface area contributed by atoms with Crippen LogP contribution < -0.4 is 10.9 Å². The lowest BCUT2D eigenvalue weighted by Gasteiger charge is -2.13. The average Bonchev–Trinajstić information content (AvgIpc) is 2.71. The molecule has 1 N–H and O–H groups in total. The molecule has 3 aromatic rings. The monoisotopic (exact) mass is 408 g/mol. The molecule has 1 unspecified atom stereocenters. The topological polar surface area (TPSA) is 87.8 Å². The van der Waals surface area contributed by atoms with Crippen LogP contribution in [0.1, 0.15) is 23.8 Å². The summed E-state index contributed by atoms with van der Waals surface area (Å²) in [6.45, 7) is 1.94. The van der Waals surface area contributed by atoms with Crippen LogP contribution in [0.2, 0.25) is 0 Å². The summed E-state index contributed by atoms with van der Waals surface area (Å²) >= 11 is 1.49. The number of carbonyl (C=O) groups is 1. The molecule has 146 valence electrons. The predicted molar refractivity (Wildman–Crippen MR) is 110 cm³/mol. The number of nitrogens with zero attached hydrogens (tertiary/aromatic N) is 3. The first-order valence-corrected chi connectivity index (χ1v) is 9.66. The molecule has 0 saturated heterocycles. The molecule has 0 aliphatic carbocycles. The number of nitrogens with one attached hydrogen (secondary N) is 1. The van der Waals surface area contributed by atoms with Crippen LogP contribution in [0.4, 0.5) is 10.1 Å². The number of benzene rings is 2. The Balaban J connectivity index is 1.85. The molecule has 0 saturated carbocycles. The maximum Gasteiger partial charge on any atom is 0.276 e. The van der Waals surface area contributed by atoms with E-state index in [0.717, 1.165) is 9.58 Å². The maximum atomic E-state index is 13.1. The Hall–Kier alpha value is -3.44. The van der Waals surface area contributed by atoms with Crippen LogP contribution in [-0.4, -0.2) is 20.9 Å². The number of rotatable bonds is 6. The van der Waals surface area contributed by atoms with Gasteiger partial charge in [-0.2, -0.15) is 15.0 Å². The van der Waals surface area contributed by atoms with Gasteiger partial charge in [-0.25, -0.2) is 4.39 Å². The normalized spacial score (nSPS) is 11.5. The Morgan fingerprint density at radius 3 is 2.66 bits per heavy atom. The fourth-order valence-electron chi connectivity index (χ4n) is 2.55. The highest BCUT2D eigenvalue weighted by atomic mass is 32.2. The van der Waals surface area contributed by atoms with Crippen molar-refractivity contribution in [3.8, 4) is 11.8 Å². The van der Waals surface area contributed by atoms with E-state index in [2.05, 4.69) is 16.5 Å². The van der Waals surface area contributed by atoms with Crippen molar-refractivity contribution in [2.45, 2.75) is 23.5 Å². The minimum Gasteiger partial charge on any atom is -0.320 e. The zero-order valence-electron chi connectivity index (χ0n) is 15.5. The van der Waals surface area contributed by atoms with Gasteiger partial charge in [0.25, 0.3) is 11.5 Å². The third-order valence-electron chi connectivity index (χ3n) is 3.95. The van der Waals surface area contributed by atoms with Crippen LogP contribution in [0.5, 0.6) is 0 Å². The third-order valence-corrected chi connectivity index (χ3v) is 5.13. The van der Waals surface area contributed by atoms with Gasteiger partial charge in [-0.1, -0.05) is 19.1 Å². The van der Waals surface area contributed by atoms with Gasteiger partial charge < -0.3 is 5.32 Å². The summed E-state index contributed by atoms with van der Waals surface area (Å²) in [6, 6.07) is 17.2. The van der Waals surface area contributed by atoms with Gasteiger partial charge in [0.15, 0.2) is 0 Å². The van der Waals surface area contributed by atoms with Crippen molar-refractivity contribution < 1.29 is 9.18 Å². The van der Waals surface area contributed by atoms with Gasteiger partial charge in [-0.15, -0.1) is 11.8 Å². The minimum atomic E-state index is -0.484. The van der Waals surface area contributed by atoms with Crippen LogP contribution in [0.3, 0.4) is 0 Å². The van der Waals surface area contributed by atoms with Gasteiger partial charge in [0.05, 0.1) is 17.4 Å². The number of nitriles is 1. The zero-order chi connectivity index (χ0) is 20.8. The Morgan fingerprint density at radius 2 is 1.93 bits per heavy atom. The molecule has 0 spiro atoms. The third kappa shape index (κ3) is 5.09. The minimum absolute atomic E-state index is 0.0406. The molecule has 0 aliphatic rings. The van der Waals surface area contributed by atoms with Crippen LogP contribution in [0.25, 0.3) is 5.69 Å². The van der Waals surface area contributed by atoms with Crippen molar-refractivity contribution in [3.05, 3.63) is 82.5 Å².